The molecule has 0 rings (SSSR count). The van der Waals surface area contributed by atoms with Crippen LogP contribution in [0.2, 0.25) is 0 Å². The molecule has 0 aliphatic carbocycles. The maximum absolute atomic E-state index is 0. The van der Waals surface area contributed by atoms with Gasteiger partial charge in [0, 0.05) is 0 Å². The Morgan fingerprint density at radius 3 is 0.500 bits per heavy atom. The molecule has 6 heteroatoms. The maximum Gasteiger partial charge on any atom is 3.00 e. The fraction of sp³-hybridized carbons (Fsp3) is 0. The van der Waals surface area contributed by atoms with E-state index in [4.69, 9.17) is 0 Å². The molecule has 0 atom stereocenters. The molecule has 0 N–H and O–H groups in total. The second-order valence-corrected chi connectivity index (χ2v) is 0. The van der Waals surface area contributed by atoms with Crippen molar-refractivity contribution in [3.05, 3.63) is 0 Å². The van der Waals surface area contributed by atoms with Crippen molar-refractivity contribution < 1.29 is 139 Å². The van der Waals surface area contributed by atoms with Gasteiger partial charge >= 0.3 is 70.9 Å². The second kappa shape index (κ2) is 35.2. The van der Waals surface area contributed by atoms with Gasteiger partial charge in [-0.15, -0.1) is 0 Å². The normalized spacial score (nSPS) is 0. The minimum atomic E-state index is 0. The van der Waals surface area contributed by atoms with Crippen molar-refractivity contribution in [3.8, 4) is 0 Å². The van der Waals surface area contributed by atoms with Gasteiger partial charge in [-0.25, -0.2) is 0 Å². The predicted molar refractivity (Wildman–Crippen MR) is 0 cm³/mol. The van der Waals surface area contributed by atoms with Gasteiger partial charge in [-0.05, 0) is 0 Å². The van der Waals surface area contributed by atoms with Crippen molar-refractivity contribution in [2.45, 2.75) is 0 Å². The van der Waals surface area contributed by atoms with Crippen LogP contribution >= 0.6 is 0 Å². The average molecular weight is 460 g/mol. The number of rotatable bonds is 0. The molecule has 0 aliphatic heterocycles. The predicted octanol–water partition coefficient (Wildman–Crippen LogP) is -15.0. The molecule has 0 bridgehead atoms. The number of halogens is 4. The third-order valence-corrected chi connectivity index (χ3v) is 0. The summed E-state index contributed by atoms with van der Waals surface area (Å²) in [7, 11) is 0. The topological polar surface area (TPSA) is 0 Å². The summed E-state index contributed by atoms with van der Waals surface area (Å²) < 4.78 is 0. The average Bonchev–Trinajstić information content (AvgIpc) is 0. The van der Waals surface area contributed by atoms with E-state index in [9.17, 15) is 0 Å². The zero-order valence-corrected chi connectivity index (χ0v) is 14.1. The second-order valence-electron chi connectivity index (χ2n) is 0. The van der Waals surface area contributed by atoms with E-state index in [1.165, 1.54) is 0 Å². The molecule has 1 radical (unpaired) electrons. The first-order valence-electron chi connectivity index (χ1n) is 0. The molecule has 0 spiro atoms. The molecule has 0 heterocycles. The van der Waals surface area contributed by atoms with Gasteiger partial charge in [0.05, 0.1) is 0 Å². The van der Waals surface area contributed by atoms with Crippen LogP contribution in [0.4, 0.5) is 0 Å². The van der Waals surface area contributed by atoms with Crippen LogP contribution in [0.3, 0.4) is 0 Å². The van der Waals surface area contributed by atoms with Crippen molar-refractivity contribution in [1.82, 2.24) is 0 Å². The molecule has 0 nitrogen and oxygen atoms in total. The molecule has 0 fully saturated rings. The summed E-state index contributed by atoms with van der Waals surface area (Å²) in [6, 6.07) is 0. The Labute approximate surface area is 135 Å². The van der Waals surface area contributed by atoms with Crippen molar-refractivity contribution in [2.24, 2.45) is 0 Å². The minimum absolute atomic E-state index is 0. The maximum atomic E-state index is 0. The van der Waals surface area contributed by atoms with E-state index in [1.54, 1.807) is 0 Å². The molecule has 0 unspecified atom stereocenters. The van der Waals surface area contributed by atoms with Crippen LogP contribution in [-0.4, -0.2) is 0 Å². The van der Waals surface area contributed by atoms with E-state index >= 15 is 0 Å². The van der Waals surface area contributed by atoms with E-state index < -0.39 is 0 Å². The number of hydrogen-bond acceptors (Lipinski definition) is 0. The summed E-state index contributed by atoms with van der Waals surface area (Å²) in [6.07, 6.45) is 0. The zero-order valence-electron chi connectivity index (χ0n) is 2.87. The summed E-state index contributed by atoms with van der Waals surface area (Å²) in [6.45, 7) is 0. The van der Waals surface area contributed by atoms with Crippen molar-refractivity contribution in [3.63, 3.8) is 0 Å². The molecule has 0 amide bonds. The van der Waals surface area contributed by atoms with Gasteiger partial charge in [0.25, 0.3) is 0 Å². The smallest absolute Gasteiger partial charge is 1.00 e. The van der Waals surface area contributed by atoms with Crippen LogP contribution in [0, 0.1) is 0 Å². The molecular weight excluding hydrogens is 460 g/mol. The Morgan fingerprint density at radius 1 is 0.500 bits per heavy atom. The van der Waals surface area contributed by atoms with E-state index in [-0.39, 0.29) is 139 Å². The molecule has 0 saturated heterocycles. The molecule has 0 aromatic carbocycles. The fourth-order valence-electron chi connectivity index (χ4n) is 0. The molecule has 37 valence electrons. The third kappa shape index (κ3) is 24.1. The third-order valence-electron chi connectivity index (χ3n) is 0. The van der Waals surface area contributed by atoms with E-state index in [0.717, 1.165) is 0 Å². The fourth-order valence-corrected chi connectivity index (χ4v) is 0. The van der Waals surface area contributed by atoms with Crippen LogP contribution in [0.25, 0.3) is 0 Å². The Balaban J connectivity index is 0. The monoisotopic (exact) mass is 457 g/mol. The minimum Gasteiger partial charge on any atom is -1.00 e. The van der Waals surface area contributed by atoms with Crippen LogP contribution in [0.15, 0.2) is 0 Å². The Kier molecular flexibility index (Phi) is 288. The van der Waals surface area contributed by atoms with Crippen molar-refractivity contribution in [2.75, 3.05) is 0 Å². The Morgan fingerprint density at radius 2 is 0.500 bits per heavy atom. The van der Waals surface area contributed by atoms with E-state index in [0.29, 0.717) is 0 Å². The Hall–Kier alpha value is 4.18. The van der Waals surface area contributed by atoms with Gasteiger partial charge in [-0.3, -0.25) is 0 Å². The molecule has 0 saturated carbocycles. The van der Waals surface area contributed by atoms with Crippen molar-refractivity contribution >= 4 is 0 Å². The first-order chi connectivity index (χ1) is 0. The van der Waals surface area contributed by atoms with Crippen LogP contribution in [0.5, 0.6) is 0 Å². The zero-order chi connectivity index (χ0) is 0. The van der Waals surface area contributed by atoms with Crippen LogP contribution in [-0.2, 0) is 19.5 Å². The first kappa shape index (κ1) is 49.1. The van der Waals surface area contributed by atoms with E-state index in [1.807, 2.05) is 0 Å². The Bertz CT molecular complexity index is 7.51. The molecule has 0 aromatic heterocycles. The van der Waals surface area contributed by atoms with Crippen molar-refractivity contribution in [1.29, 1.82) is 0 Å². The standard InChI is InChI=1S/4BrH.K.Ru/h4*1H;;/q;;;;+1;+3/p-4. The van der Waals surface area contributed by atoms with Gasteiger partial charge in [-0.1, -0.05) is 0 Å². The van der Waals surface area contributed by atoms with Gasteiger partial charge in [0.1, 0.15) is 0 Å². The largest absolute Gasteiger partial charge is 3.00 e. The summed E-state index contributed by atoms with van der Waals surface area (Å²) in [4.78, 5) is 0. The summed E-state index contributed by atoms with van der Waals surface area (Å²) in [5.41, 5.74) is 0. The first-order valence-corrected chi connectivity index (χ1v) is 0. The van der Waals surface area contributed by atoms with Gasteiger partial charge < -0.3 is 67.9 Å². The van der Waals surface area contributed by atoms with Crippen LogP contribution in [0.1, 0.15) is 0 Å². The SMILES string of the molecule is [Br-].[Br-].[Br-].[Br-].[K+].[Ru+3]. The quantitative estimate of drug-likeness (QED) is 0.316. The molecule has 6 heavy (non-hydrogen) atoms. The molecule has 0 aliphatic rings. The summed E-state index contributed by atoms with van der Waals surface area (Å²) >= 11 is 0. The number of hydrogen-bond donors (Lipinski definition) is 0. The van der Waals surface area contributed by atoms with Gasteiger partial charge in [0.15, 0.2) is 0 Å². The summed E-state index contributed by atoms with van der Waals surface area (Å²) in [5.74, 6) is 0. The van der Waals surface area contributed by atoms with Gasteiger partial charge in [0.2, 0.25) is 0 Å². The van der Waals surface area contributed by atoms with E-state index in [2.05, 4.69) is 0 Å². The molecular formula is Br4KRu. The van der Waals surface area contributed by atoms with Gasteiger partial charge in [-0.2, -0.15) is 0 Å². The molecule has 0 aromatic rings. The summed E-state index contributed by atoms with van der Waals surface area (Å²) in [5, 5.41) is 0. The van der Waals surface area contributed by atoms with Crippen LogP contribution < -0.4 is 119 Å².